The van der Waals surface area contributed by atoms with E-state index in [0.29, 0.717) is 6.54 Å². The van der Waals surface area contributed by atoms with Crippen molar-refractivity contribution in [1.82, 2.24) is 10.5 Å². The highest BCUT2D eigenvalue weighted by atomic mass is 16.5. The summed E-state index contributed by atoms with van der Waals surface area (Å²) in [4.78, 5) is 14.8. The quantitative estimate of drug-likeness (QED) is 0.918. The minimum absolute atomic E-state index is 0.00478. The fourth-order valence-corrected chi connectivity index (χ4v) is 4.47. The molecule has 1 atom stereocenters. The van der Waals surface area contributed by atoms with Gasteiger partial charge in [0.1, 0.15) is 5.76 Å². The number of hydrogen-bond donors (Lipinski definition) is 1. The van der Waals surface area contributed by atoms with Gasteiger partial charge in [0.2, 0.25) is 0 Å². The number of fused-ring (bicyclic) bond motifs is 2. The number of aryl methyl sites for hydroxylation is 2. The Hall–Kier alpha value is -2.30. The van der Waals surface area contributed by atoms with E-state index in [-0.39, 0.29) is 17.4 Å². The molecule has 25 heavy (non-hydrogen) atoms. The molecule has 5 heteroatoms. The van der Waals surface area contributed by atoms with Gasteiger partial charge in [0, 0.05) is 35.7 Å². The molecule has 1 saturated carbocycles. The molecule has 132 valence electrons. The number of rotatable bonds is 3. The monoisotopic (exact) mass is 339 g/mol. The Morgan fingerprint density at radius 1 is 1.36 bits per heavy atom. The molecule has 0 radical (unpaired) electrons. The van der Waals surface area contributed by atoms with Gasteiger partial charge in [-0.1, -0.05) is 36.7 Å². The predicted molar refractivity (Wildman–Crippen MR) is 97.1 cm³/mol. The van der Waals surface area contributed by atoms with Crippen molar-refractivity contribution in [1.29, 1.82) is 0 Å². The van der Waals surface area contributed by atoms with Crippen LogP contribution in [0.25, 0.3) is 0 Å². The summed E-state index contributed by atoms with van der Waals surface area (Å²) in [5, 5.41) is 7.12. The summed E-state index contributed by atoms with van der Waals surface area (Å²) >= 11 is 0. The van der Waals surface area contributed by atoms with Crippen molar-refractivity contribution in [3.63, 3.8) is 0 Å². The van der Waals surface area contributed by atoms with Crippen molar-refractivity contribution in [3.05, 3.63) is 46.8 Å². The number of anilines is 1. The van der Waals surface area contributed by atoms with Crippen molar-refractivity contribution in [2.75, 3.05) is 18.0 Å². The lowest BCUT2D eigenvalue weighted by Gasteiger charge is -2.38. The normalized spacial score (nSPS) is 18.8. The summed E-state index contributed by atoms with van der Waals surface area (Å²) in [6.45, 7) is 7.34. The third-order valence-corrected chi connectivity index (χ3v) is 5.92. The van der Waals surface area contributed by atoms with E-state index in [2.05, 4.69) is 35.6 Å². The number of urea groups is 1. The van der Waals surface area contributed by atoms with Gasteiger partial charge in [-0.2, -0.15) is 0 Å². The Morgan fingerprint density at radius 2 is 2.12 bits per heavy atom. The van der Waals surface area contributed by atoms with Crippen molar-refractivity contribution in [2.24, 2.45) is 0 Å². The second-order valence-corrected chi connectivity index (χ2v) is 7.56. The number of aromatic nitrogens is 1. The molecule has 0 bridgehead atoms. The standard InChI is InChI=1S/C20H25N3O2/c1-13(18-14(2)22-25-15(18)3)11-21-19(24)23-12-20(9-6-10-20)16-7-4-5-8-17(16)23/h4-5,7-8,13H,6,9-12H2,1-3H3,(H,21,24). The summed E-state index contributed by atoms with van der Waals surface area (Å²) in [7, 11) is 0. The average Bonchev–Trinajstić information content (AvgIpc) is 3.10. The topological polar surface area (TPSA) is 58.4 Å². The number of para-hydroxylation sites is 1. The third-order valence-electron chi connectivity index (χ3n) is 5.92. The first-order chi connectivity index (χ1) is 12.0. The maximum absolute atomic E-state index is 12.9. The van der Waals surface area contributed by atoms with Gasteiger partial charge in [-0.05, 0) is 38.3 Å². The fourth-order valence-electron chi connectivity index (χ4n) is 4.47. The molecule has 1 aromatic heterocycles. The number of amides is 2. The zero-order valence-electron chi connectivity index (χ0n) is 15.1. The minimum atomic E-state index is -0.00478. The van der Waals surface area contributed by atoms with Gasteiger partial charge < -0.3 is 9.84 Å². The highest BCUT2D eigenvalue weighted by molar-refractivity contribution is 5.95. The van der Waals surface area contributed by atoms with E-state index >= 15 is 0 Å². The number of benzene rings is 1. The molecule has 1 N–H and O–H groups in total. The molecule has 5 nitrogen and oxygen atoms in total. The lowest BCUT2D eigenvalue weighted by atomic mass is 9.66. The Balaban J connectivity index is 1.47. The van der Waals surface area contributed by atoms with Crippen LogP contribution in [-0.4, -0.2) is 24.3 Å². The smallest absolute Gasteiger partial charge is 0.321 e. The Labute approximate surface area is 148 Å². The first kappa shape index (κ1) is 16.2. The fraction of sp³-hybridized carbons (Fsp3) is 0.500. The Morgan fingerprint density at radius 3 is 2.76 bits per heavy atom. The summed E-state index contributed by atoms with van der Waals surface area (Å²) in [5.41, 5.74) is 4.61. The summed E-state index contributed by atoms with van der Waals surface area (Å²) in [5.74, 6) is 1.00. The SMILES string of the molecule is Cc1noc(C)c1C(C)CNC(=O)N1CC2(CCC2)c2ccccc21. The van der Waals surface area contributed by atoms with E-state index in [1.807, 2.05) is 24.8 Å². The van der Waals surface area contributed by atoms with Gasteiger partial charge in [0.25, 0.3) is 0 Å². The maximum Gasteiger partial charge on any atom is 0.321 e. The van der Waals surface area contributed by atoms with Crippen LogP contribution < -0.4 is 10.2 Å². The van der Waals surface area contributed by atoms with Crippen LogP contribution in [0.1, 0.15) is 54.7 Å². The zero-order chi connectivity index (χ0) is 17.6. The first-order valence-electron chi connectivity index (χ1n) is 9.09. The van der Waals surface area contributed by atoms with Crippen molar-refractivity contribution in [3.8, 4) is 0 Å². The second-order valence-electron chi connectivity index (χ2n) is 7.56. The van der Waals surface area contributed by atoms with Gasteiger partial charge in [-0.25, -0.2) is 4.79 Å². The van der Waals surface area contributed by atoms with E-state index in [0.717, 1.165) is 29.2 Å². The van der Waals surface area contributed by atoms with Crippen LogP contribution in [0, 0.1) is 13.8 Å². The molecule has 2 aliphatic rings. The van der Waals surface area contributed by atoms with Crippen LogP contribution in [0.3, 0.4) is 0 Å². The highest BCUT2D eigenvalue weighted by Crippen LogP contribution is 2.52. The van der Waals surface area contributed by atoms with Gasteiger partial charge in [-0.3, -0.25) is 4.90 Å². The van der Waals surface area contributed by atoms with E-state index in [1.54, 1.807) is 0 Å². The van der Waals surface area contributed by atoms with Crippen LogP contribution in [0.4, 0.5) is 10.5 Å². The van der Waals surface area contributed by atoms with Gasteiger partial charge in [0.15, 0.2) is 0 Å². The molecule has 1 aliphatic heterocycles. The lowest BCUT2D eigenvalue weighted by molar-refractivity contribution is 0.235. The Kier molecular flexibility index (Phi) is 3.82. The molecule has 1 unspecified atom stereocenters. The zero-order valence-corrected chi connectivity index (χ0v) is 15.1. The van der Waals surface area contributed by atoms with Gasteiger partial charge in [0.05, 0.1) is 5.69 Å². The molecule has 2 aromatic rings. The Bertz CT molecular complexity index is 788. The maximum atomic E-state index is 12.9. The average molecular weight is 339 g/mol. The summed E-state index contributed by atoms with van der Waals surface area (Å²) < 4.78 is 5.25. The van der Waals surface area contributed by atoms with Crippen molar-refractivity contribution < 1.29 is 9.32 Å². The van der Waals surface area contributed by atoms with Crippen LogP contribution in [0.2, 0.25) is 0 Å². The number of hydrogen-bond acceptors (Lipinski definition) is 3. The number of nitrogens with zero attached hydrogens (tertiary/aromatic N) is 2. The second kappa shape index (κ2) is 5.90. The molecule has 4 rings (SSSR count). The van der Waals surface area contributed by atoms with E-state index in [4.69, 9.17) is 4.52 Å². The van der Waals surface area contributed by atoms with E-state index < -0.39 is 0 Å². The number of nitrogens with one attached hydrogen (secondary N) is 1. The van der Waals surface area contributed by atoms with Crippen LogP contribution in [0.15, 0.2) is 28.8 Å². The van der Waals surface area contributed by atoms with Gasteiger partial charge in [-0.15, -0.1) is 0 Å². The summed E-state index contributed by atoms with van der Waals surface area (Å²) in [6.07, 6.45) is 3.62. The summed E-state index contributed by atoms with van der Waals surface area (Å²) in [6, 6.07) is 8.35. The molecular weight excluding hydrogens is 314 g/mol. The molecule has 1 aliphatic carbocycles. The van der Waals surface area contributed by atoms with Crippen LogP contribution in [-0.2, 0) is 5.41 Å². The largest absolute Gasteiger partial charge is 0.361 e. The molecule has 1 aromatic carbocycles. The first-order valence-corrected chi connectivity index (χ1v) is 9.09. The number of carbonyl (C=O) groups is 1. The third kappa shape index (κ3) is 2.53. The van der Waals surface area contributed by atoms with Crippen molar-refractivity contribution in [2.45, 2.75) is 51.4 Å². The van der Waals surface area contributed by atoms with E-state index in [1.165, 1.54) is 24.8 Å². The predicted octanol–water partition coefficient (Wildman–Crippen LogP) is 4.05. The molecule has 1 fully saturated rings. The highest BCUT2D eigenvalue weighted by Gasteiger charge is 2.48. The van der Waals surface area contributed by atoms with Crippen LogP contribution >= 0.6 is 0 Å². The lowest BCUT2D eigenvalue weighted by Crippen LogP contribution is -2.45. The number of carbonyl (C=O) groups excluding carboxylic acids is 1. The molecular formula is C20H25N3O2. The van der Waals surface area contributed by atoms with E-state index in [9.17, 15) is 4.79 Å². The molecule has 1 spiro atoms. The van der Waals surface area contributed by atoms with Crippen LogP contribution in [0.5, 0.6) is 0 Å². The minimum Gasteiger partial charge on any atom is -0.361 e. The molecule has 2 heterocycles. The molecule has 0 saturated heterocycles. The van der Waals surface area contributed by atoms with Crippen molar-refractivity contribution >= 4 is 11.7 Å². The molecule has 2 amide bonds. The van der Waals surface area contributed by atoms with Gasteiger partial charge >= 0.3 is 6.03 Å².